The van der Waals surface area contributed by atoms with Crippen molar-refractivity contribution in [3.05, 3.63) is 56.6 Å². The van der Waals surface area contributed by atoms with E-state index in [1.165, 1.54) is 32.1 Å². The second-order valence-corrected chi connectivity index (χ2v) is 9.47. The number of rotatable bonds is 5. The number of benzene rings is 1. The minimum absolute atomic E-state index is 0.118. The Kier molecular flexibility index (Phi) is 6.82. The smallest absolute Gasteiger partial charge is 0.332 e. The van der Waals surface area contributed by atoms with E-state index in [1.807, 2.05) is 19.1 Å². The molecule has 1 aliphatic heterocycles. The van der Waals surface area contributed by atoms with Gasteiger partial charge in [0.2, 0.25) is 5.82 Å². The van der Waals surface area contributed by atoms with Crippen LogP contribution in [0.3, 0.4) is 0 Å². The molecular weight excluding hydrogens is 462 g/mol. The number of amides is 1. The standard InChI is InChI=1S/C25H31N7O4/c1-3-31-23(33)20(27-32(25(31)35)19-11-9-17(2)10-12-19)21-26-22(36-28-21)24(34)30-15-13-29(14-16-30)18-7-5-4-6-8-18/h9-12,18H,3-8,13-16H2,1-2H3. The van der Waals surface area contributed by atoms with E-state index < -0.39 is 11.2 Å². The van der Waals surface area contributed by atoms with Crippen molar-refractivity contribution in [2.45, 2.75) is 58.5 Å². The molecule has 0 bridgehead atoms. The number of piperazine rings is 1. The molecule has 1 aliphatic carbocycles. The zero-order chi connectivity index (χ0) is 25.2. The largest absolute Gasteiger partial charge is 0.352 e. The SMILES string of the molecule is CCn1c(=O)c(-c2noc(C(=O)N3CCN(C4CCCCC4)CC3)n2)nn(-c2ccc(C)cc2)c1=O. The topological polar surface area (TPSA) is 119 Å². The Morgan fingerprint density at radius 3 is 2.39 bits per heavy atom. The van der Waals surface area contributed by atoms with E-state index >= 15 is 0 Å². The Labute approximate surface area is 208 Å². The average molecular weight is 494 g/mol. The molecule has 36 heavy (non-hydrogen) atoms. The van der Waals surface area contributed by atoms with E-state index in [2.05, 4.69) is 20.1 Å². The van der Waals surface area contributed by atoms with Gasteiger partial charge in [-0.25, -0.2) is 4.79 Å². The van der Waals surface area contributed by atoms with Gasteiger partial charge in [0.15, 0.2) is 5.69 Å². The maximum atomic E-state index is 13.1. The van der Waals surface area contributed by atoms with Crippen LogP contribution < -0.4 is 11.2 Å². The highest BCUT2D eigenvalue weighted by Crippen LogP contribution is 2.24. The molecule has 0 radical (unpaired) electrons. The predicted octanol–water partition coefficient (Wildman–Crippen LogP) is 1.86. The van der Waals surface area contributed by atoms with Crippen LogP contribution in [0.15, 0.2) is 38.4 Å². The normalized spacial score (nSPS) is 17.4. The molecule has 3 aromatic rings. The number of aryl methyl sites for hydroxylation is 1. The molecule has 0 N–H and O–H groups in total. The molecule has 1 amide bonds. The molecule has 5 rings (SSSR count). The molecule has 1 aromatic carbocycles. The summed E-state index contributed by atoms with van der Waals surface area (Å²) in [5.41, 5.74) is 0.181. The van der Waals surface area contributed by atoms with Crippen molar-refractivity contribution in [2.75, 3.05) is 26.2 Å². The van der Waals surface area contributed by atoms with Crippen LogP contribution >= 0.6 is 0 Å². The van der Waals surface area contributed by atoms with E-state index in [0.717, 1.165) is 27.9 Å². The van der Waals surface area contributed by atoms with Crippen molar-refractivity contribution in [1.29, 1.82) is 0 Å². The second kappa shape index (κ2) is 10.2. The van der Waals surface area contributed by atoms with Crippen LogP contribution in [-0.2, 0) is 6.54 Å². The highest BCUT2D eigenvalue weighted by Gasteiger charge is 2.30. The first-order valence-electron chi connectivity index (χ1n) is 12.6. The Morgan fingerprint density at radius 1 is 1.03 bits per heavy atom. The van der Waals surface area contributed by atoms with Crippen molar-refractivity contribution in [3.8, 4) is 17.2 Å². The van der Waals surface area contributed by atoms with Crippen LogP contribution in [0.2, 0.25) is 0 Å². The summed E-state index contributed by atoms with van der Waals surface area (Å²) in [6, 6.07) is 7.81. The van der Waals surface area contributed by atoms with Gasteiger partial charge in [0.1, 0.15) is 0 Å². The van der Waals surface area contributed by atoms with Crippen LogP contribution in [0.4, 0.5) is 0 Å². The Hall–Kier alpha value is -3.60. The minimum Gasteiger partial charge on any atom is -0.332 e. The lowest BCUT2D eigenvalue weighted by Gasteiger charge is -2.40. The molecule has 0 spiro atoms. The third kappa shape index (κ3) is 4.62. The van der Waals surface area contributed by atoms with Crippen molar-refractivity contribution >= 4 is 5.91 Å². The Bertz CT molecular complexity index is 1340. The fraction of sp³-hybridized carbons (Fsp3) is 0.520. The predicted molar refractivity (Wildman–Crippen MR) is 132 cm³/mol. The van der Waals surface area contributed by atoms with E-state index in [-0.39, 0.29) is 29.9 Å². The van der Waals surface area contributed by atoms with E-state index in [9.17, 15) is 14.4 Å². The van der Waals surface area contributed by atoms with E-state index in [4.69, 9.17) is 4.52 Å². The summed E-state index contributed by atoms with van der Waals surface area (Å²) >= 11 is 0. The maximum absolute atomic E-state index is 13.1. The highest BCUT2D eigenvalue weighted by atomic mass is 16.5. The first kappa shape index (κ1) is 24.1. The van der Waals surface area contributed by atoms with Crippen LogP contribution in [0, 0.1) is 6.92 Å². The maximum Gasteiger partial charge on any atom is 0.352 e. The fourth-order valence-corrected chi connectivity index (χ4v) is 5.07. The van der Waals surface area contributed by atoms with Crippen molar-refractivity contribution < 1.29 is 9.32 Å². The van der Waals surface area contributed by atoms with Gasteiger partial charge in [-0.15, -0.1) is 0 Å². The number of carbonyl (C=O) groups is 1. The fourth-order valence-electron chi connectivity index (χ4n) is 5.07. The summed E-state index contributed by atoms with van der Waals surface area (Å²) in [5.74, 6) is -0.666. The van der Waals surface area contributed by atoms with Crippen LogP contribution in [0.1, 0.15) is 55.3 Å². The molecule has 2 fully saturated rings. The van der Waals surface area contributed by atoms with Gasteiger partial charge >= 0.3 is 17.5 Å². The quantitative estimate of drug-likeness (QED) is 0.528. The van der Waals surface area contributed by atoms with Gasteiger partial charge in [-0.2, -0.15) is 14.8 Å². The molecule has 1 saturated heterocycles. The zero-order valence-corrected chi connectivity index (χ0v) is 20.7. The lowest BCUT2D eigenvalue weighted by atomic mass is 9.94. The van der Waals surface area contributed by atoms with Gasteiger partial charge < -0.3 is 9.42 Å². The molecule has 2 aliphatic rings. The van der Waals surface area contributed by atoms with Crippen molar-refractivity contribution in [2.24, 2.45) is 0 Å². The van der Waals surface area contributed by atoms with E-state index in [1.54, 1.807) is 24.0 Å². The molecule has 11 nitrogen and oxygen atoms in total. The molecule has 2 aromatic heterocycles. The molecule has 1 saturated carbocycles. The summed E-state index contributed by atoms with van der Waals surface area (Å²) < 4.78 is 7.46. The molecule has 11 heteroatoms. The molecule has 190 valence electrons. The summed E-state index contributed by atoms with van der Waals surface area (Å²) in [7, 11) is 0. The monoisotopic (exact) mass is 493 g/mol. The summed E-state index contributed by atoms with van der Waals surface area (Å²) in [6.45, 7) is 6.60. The zero-order valence-electron chi connectivity index (χ0n) is 20.7. The van der Waals surface area contributed by atoms with Crippen LogP contribution in [0.5, 0.6) is 0 Å². The van der Waals surface area contributed by atoms with E-state index in [0.29, 0.717) is 24.8 Å². The second-order valence-electron chi connectivity index (χ2n) is 9.47. The summed E-state index contributed by atoms with van der Waals surface area (Å²) in [4.78, 5) is 47.3. The number of hydrogen-bond acceptors (Lipinski definition) is 8. The van der Waals surface area contributed by atoms with Gasteiger partial charge in [0, 0.05) is 38.8 Å². The number of aromatic nitrogens is 5. The third-order valence-electron chi connectivity index (χ3n) is 7.17. The minimum atomic E-state index is -0.633. The van der Waals surface area contributed by atoms with Crippen LogP contribution in [0.25, 0.3) is 17.2 Å². The molecular formula is C25H31N7O4. The van der Waals surface area contributed by atoms with Gasteiger partial charge in [-0.1, -0.05) is 42.1 Å². The Morgan fingerprint density at radius 2 is 1.72 bits per heavy atom. The number of hydrogen-bond donors (Lipinski definition) is 0. The summed E-state index contributed by atoms with van der Waals surface area (Å²) in [6.07, 6.45) is 6.33. The lowest BCUT2D eigenvalue weighted by Crippen LogP contribution is -2.52. The molecule has 0 atom stereocenters. The third-order valence-corrected chi connectivity index (χ3v) is 7.17. The highest BCUT2D eigenvalue weighted by molar-refractivity contribution is 5.90. The van der Waals surface area contributed by atoms with Gasteiger partial charge in [0.25, 0.3) is 5.56 Å². The van der Waals surface area contributed by atoms with Crippen molar-refractivity contribution in [1.82, 2.24) is 34.3 Å². The first-order valence-corrected chi connectivity index (χ1v) is 12.6. The molecule has 0 unspecified atom stereocenters. The van der Waals surface area contributed by atoms with Gasteiger partial charge in [-0.3, -0.25) is 19.1 Å². The average Bonchev–Trinajstić information content (AvgIpc) is 3.40. The van der Waals surface area contributed by atoms with Crippen molar-refractivity contribution in [3.63, 3.8) is 0 Å². The number of carbonyl (C=O) groups excluding carboxylic acids is 1. The molecule has 3 heterocycles. The summed E-state index contributed by atoms with van der Waals surface area (Å²) in [5, 5.41) is 8.12. The van der Waals surface area contributed by atoms with Gasteiger partial charge in [0.05, 0.1) is 5.69 Å². The lowest BCUT2D eigenvalue weighted by molar-refractivity contribution is 0.0483. The Balaban J connectivity index is 1.38. The number of nitrogens with zero attached hydrogens (tertiary/aromatic N) is 7. The van der Waals surface area contributed by atoms with Gasteiger partial charge in [-0.05, 0) is 38.8 Å². The first-order chi connectivity index (χ1) is 17.5. The van der Waals surface area contributed by atoms with Crippen LogP contribution in [-0.4, -0.2) is 72.4 Å².